The van der Waals surface area contributed by atoms with Crippen molar-refractivity contribution in [2.24, 2.45) is 0 Å². The van der Waals surface area contributed by atoms with Crippen LogP contribution in [-0.2, 0) is 9.30 Å². The van der Waals surface area contributed by atoms with E-state index in [0.717, 1.165) is 5.56 Å². The number of hydrogen-bond donors (Lipinski definition) is 1. The van der Waals surface area contributed by atoms with E-state index in [2.05, 4.69) is 5.32 Å². The molecule has 1 N–H and O–H groups in total. The molecule has 0 aromatic heterocycles. The van der Waals surface area contributed by atoms with Gasteiger partial charge < -0.3 is 14.6 Å². The largest absolute Gasteiger partial charge is 0.444 e. The number of alkyl carbamates (subject to hydrolysis) is 1. The number of allylic oxidation sites excluding steroid dienone is 4. The Morgan fingerprint density at radius 1 is 1.34 bits per heavy atom. The third-order valence-electron chi connectivity index (χ3n) is 4.84. The molecule has 0 radical (unpaired) electrons. The van der Waals surface area contributed by atoms with Crippen molar-refractivity contribution < 1.29 is 18.5 Å². The van der Waals surface area contributed by atoms with Crippen molar-refractivity contribution in [1.29, 1.82) is 5.26 Å². The first-order valence-electron chi connectivity index (χ1n) is 9.43. The van der Waals surface area contributed by atoms with Crippen molar-refractivity contribution in [3.63, 3.8) is 0 Å². The van der Waals surface area contributed by atoms with Crippen LogP contribution in [-0.4, -0.2) is 42.4 Å². The summed E-state index contributed by atoms with van der Waals surface area (Å²) in [7, 11) is -3.05. The van der Waals surface area contributed by atoms with E-state index in [4.69, 9.17) is 4.74 Å². The molecule has 1 aliphatic carbocycles. The maximum atomic E-state index is 15.5. The summed E-state index contributed by atoms with van der Waals surface area (Å²) < 4.78 is 33.8. The molecule has 0 saturated heterocycles. The van der Waals surface area contributed by atoms with Gasteiger partial charge in [-0.1, -0.05) is 42.5 Å². The number of ether oxygens (including phenoxy) is 1. The Hall–Kier alpha value is -2.38. The number of halogens is 1. The molecule has 2 rings (SSSR count). The van der Waals surface area contributed by atoms with Crippen LogP contribution in [0.15, 0.2) is 48.6 Å². The van der Waals surface area contributed by atoms with Crippen molar-refractivity contribution in [2.45, 2.75) is 50.2 Å². The lowest BCUT2D eigenvalue weighted by atomic mass is 9.86. The topological polar surface area (TPSA) is 79.2 Å². The minimum absolute atomic E-state index is 0.122. The highest BCUT2D eigenvalue weighted by Gasteiger charge is 2.49. The fourth-order valence-electron chi connectivity index (χ4n) is 3.29. The number of nitrogens with zero attached hydrogens (tertiary/aromatic N) is 1. The van der Waals surface area contributed by atoms with Gasteiger partial charge in [0.2, 0.25) is 0 Å². The minimum Gasteiger partial charge on any atom is -0.444 e. The highest BCUT2D eigenvalue weighted by atomic mass is 31.2. The van der Waals surface area contributed by atoms with Crippen LogP contribution in [0.1, 0.15) is 32.8 Å². The molecule has 1 aromatic rings. The Morgan fingerprint density at radius 2 is 1.97 bits per heavy atom. The number of nitrogens with one attached hydrogen (secondary N) is 1. The molecule has 0 spiro atoms. The summed E-state index contributed by atoms with van der Waals surface area (Å²) in [5, 5.41) is 10.6. The lowest BCUT2D eigenvalue weighted by molar-refractivity contribution is 0.0510. The van der Waals surface area contributed by atoms with Gasteiger partial charge in [0.05, 0.1) is 18.4 Å². The molecule has 3 atom stereocenters. The predicted molar refractivity (Wildman–Crippen MR) is 114 cm³/mol. The molecule has 1 aromatic carbocycles. The molecule has 0 saturated carbocycles. The Morgan fingerprint density at radius 3 is 2.45 bits per heavy atom. The molecule has 7 heteroatoms. The highest BCUT2D eigenvalue weighted by molar-refractivity contribution is 7.64. The lowest BCUT2D eigenvalue weighted by Crippen LogP contribution is -2.47. The smallest absolute Gasteiger partial charge is 0.408 e. The van der Waals surface area contributed by atoms with E-state index >= 15 is 4.39 Å². The van der Waals surface area contributed by atoms with Crippen molar-refractivity contribution >= 4 is 18.8 Å². The van der Waals surface area contributed by atoms with Gasteiger partial charge in [0.1, 0.15) is 17.8 Å². The van der Waals surface area contributed by atoms with Gasteiger partial charge in [-0.25, -0.2) is 9.18 Å². The fourth-order valence-corrected chi connectivity index (χ4v) is 5.01. The minimum atomic E-state index is -3.05. The third kappa shape index (κ3) is 5.58. The van der Waals surface area contributed by atoms with Gasteiger partial charge in [-0.15, -0.1) is 0 Å². The summed E-state index contributed by atoms with van der Waals surface area (Å²) in [5.41, 5.74) is 0.814. The average molecular weight is 418 g/mol. The van der Waals surface area contributed by atoms with Crippen LogP contribution < -0.4 is 5.32 Å². The second-order valence-corrected chi connectivity index (χ2v) is 12.1. The van der Waals surface area contributed by atoms with Crippen LogP contribution >= 0.6 is 7.14 Å². The zero-order chi connectivity index (χ0) is 21.9. The predicted octanol–water partition coefficient (Wildman–Crippen LogP) is 5.15. The number of amides is 1. The standard InChI is InChI=1S/C22H28FN2O3P/c1-21(2,3)28-20(26)25-18(15-24)14-22(29(4,5)27)12-11-17(13-19(22)23)16-9-7-6-8-10-16/h6-13,18-19H,14H2,1-5H3,(H,25,26). The molecule has 5 nitrogen and oxygen atoms in total. The summed E-state index contributed by atoms with van der Waals surface area (Å²) in [6.07, 6.45) is 2.33. The summed E-state index contributed by atoms with van der Waals surface area (Å²) >= 11 is 0. The fraction of sp³-hybridized carbons (Fsp3) is 0.455. The van der Waals surface area contributed by atoms with Gasteiger partial charge in [-0.2, -0.15) is 5.26 Å². The molecule has 0 fully saturated rings. The zero-order valence-corrected chi connectivity index (χ0v) is 18.4. The van der Waals surface area contributed by atoms with Gasteiger partial charge in [-0.3, -0.25) is 0 Å². The maximum absolute atomic E-state index is 15.5. The van der Waals surface area contributed by atoms with E-state index < -0.39 is 36.2 Å². The Kier molecular flexibility index (Phi) is 6.75. The number of carbonyl (C=O) groups is 1. The molecular weight excluding hydrogens is 390 g/mol. The van der Waals surface area contributed by atoms with Crippen LogP contribution in [0.2, 0.25) is 0 Å². The lowest BCUT2D eigenvalue weighted by Gasteiger charge is -2.40. The van der Waals surface area contributed by atoms with Gasteiger partial charge in [-0.05, 0) is 51.3 Å². The first kappa shape index (κ1) is 22.9. The van der Waals surface area contributed by atoms with Gasteiger partial charge in [0, 0.05) is 6.42 Å². The molecule has 156 valence electrons. The number of alkyl halides is 1. The van der Waals surface area contributed by atoms with Crippen molar-refractivity contribution in [3.8, 4) is 6.07 Å². The maximum Gasteiger partial charge on any atom is 0.408 e. The second kappa shape index (κ2) is 8.55. The number of benzene rings is 1. The molecule has 0 aliphatic heterocycles. The van der Waals surface area contributed by atoms with Gasteiger partial charge in [0.25, 0.3) is 0 Å². The van der Waals surface area contributed by atoms with Gasteiger partial charge >= 0.3 is 6.09 Å². The zero-order valence-electron chi connectivity index (χ0n) is 17.5. The molecule has 0 heterocycles. The summed E-state index contributed by atoms with van der Waals surface area (Å²) in [4.78, 5) is 12.1. The first-order valence-corrected chi connectivity index (χ1v) is 12.0. The van der Waals surface area contributed by atoms with Crippen LogP contribution in [0.25, 0.3) is 5.57 Å². The normalized spacial score (nSPS) is 22.9. The molecule has 1 aliphatic rings. The monoisotopic (exact) mass is 418 g/mol. The highest BCUT2D eigenvalue weighted by Crippen LogP contribution is 2.59. The number of hydrogen-bond acceptors (Lipinski definition) is 4. The van der Waals surface area contributed by atoms with Crippen LogP contribution in [0, 0.1) is 11.3 Å². The van der Waals surface area contributed by atoms with Gasteiger partial charge in [0.15, 0.2) is 0 Å². The van der Waals surface area contributed by atoms with Crippen molar-refractivity contribution in [2.75, 3.05) is 13.3 Å². The number of nitriles is 1. The van der Waals surface area contributed by atoms with E-state index in [1.807, 2.05) is 36.4 Å². The third-order valence-corrected chi connectivity index (χ3v) is 7.43. The Labute approximate surface area is 172 Å². The van der Waals surface area contributed by atoms with Crippen LogP contribution in [0.4, 0.5) is 9.18 Å². The van der Waals surface area contributed by atoms with Crippen molar-refractivity contribution in [3.05, 3.63) is 54.1 Å². The van der Waals surface area contributed by atoms with E-state index in [1.165, 1.54) is 19.4 Å². The summed E-state index contributed by atoms with van der Waals surface area (Å²) in [5.74, 6) is 0. The van der Waals surface area contributed by atoms with Crippen LogP contribution in [0.3, 0.4) is 0 Å². The van der Waals surface area contributed by atoms with E-state index in [1.54, 1.807) is 32.9 Å². The Bertz CT molecular complexity index is 893. The molecule has 1 amide bonds. The molecule has 3 unspecified atom stereocenters. The number of carbonyl (C=O) groups excluding carboxylic acids is 1. The molecular formula is C22H28FN2O3P. The SMILES string of the molecule is CC(C)(C)OC(=O)NC(C#N)CC1(P(C)(C)=O)C=CC(c2ccccc2)=CC1F. The number of rotatable bonds is 5. The van der Waals surface area contributed by atoms with Crippen molar-refractivity contribution in [1.82, 2.24) is 5.32 Å². The molecule has 0 bridgehead atoms. The van der Waals surface area contributed by atoms with E-state index in [0.29, 0.717) is 5.57 Å². The average Bonchev–Trinajstić information content (AvgIpc) is 2.60. The second-order valence-electron chi connectivity index (χ2n) is 8.60. The van der Waals surface area contributed by atoms with E-state index in [-0.39, 0.29) is 6.42 Å². The first-order chi connectivity index (χ1) is 13.4. The van der Waals surface area contributed by atoms with E-state index in [9.17, 15) is 14.6 Å². The quantitative estimate of drug-likeness (QED) is 0.671. The molecule has 29 heavy (non-hydrogen) atoms. The summed E-state index contributed by atoms with van der Waals surface area (Å²) in [6, 6.07) is 10.3. The Balaban J connectivity index is 2.29. The van der Waals surface area contributed by atoms with Crippen LogP contribution in [0.5, 0.6) is 0 Å². The summed E-state index contributed by atoms with van der Waals surface area (Å²) in [6.45, 7) is 8.14.